The Morgan fingerprint density at radius 2 is 1.97 bits per heavy atom. The van der Waals surface area contributed by atoms with Gasteiger partial charge in [0.15, 0.2) is 0 Å². The minimum atomic E-state index is -0.00203. The molecule has 2 heterocycles. The summed E-state index contributed by atoms with van der Waals surface area (Å²) in [6, 6.07) is 15.6. The fraction of sp³-hybridized carbons (Fsp3) is 0.375. The van der Waals surface area contributed by atoms with Crippen molar-refractivity contribution in [3.05, 3.63) is 60.0 Å². The van der Waals surface area contributed by atoms with Crippen LogP contribution in [-0.2, 0) is 11.3 Å². The highest BCUT2D eigenvalue weighted by Gasteiger charge is 2.26. The largest absolute Gasteiger partial charge is 0.494 e. The molecule has 1 saturated heterocycles. The highest BCUT2D eigenvalue weighted by Crippen LogP contribution is 2.23. The van der Waals surface area contributed by atoms with E-state index in [1.165, 1.54) is 5.56 Å². The Morgan fingerprint density at radius 3 is 2.71 bits per heavy atom. The smallest absolute Gasteiger partial charge is 0.241 e. The minimum absolute atomic E-state index is 0.00203. The number of nitrogens with zero attached hydrogens (tertiary/aromatic N) is 3. The van der Waals surface area contributed by atoms with Crippen LogP contribution in [0, 0.1) is 12.8 Å². The zero-order valence-corrected chi connectivity index (χ0v) is 18.0. The van der Waals surface area contributed by atoms with Crippen molar-refractivity contribution < 1.29 is 14.1 Å². The average Bonchev–Trinajstić information content (AvgIpc) is 3.24. The molecule has 0 radical (unpaired) electrons. The Labute approximate surface area is 182 Å². The van der Waals surface area contributed by atoms with Gasteiger partial charge in [-0.2, -0.15) is 4.98 Å². The fourth-order valence-corrected chi connectivity index (χ4v) is 3.76. The maximum atomic E-state index is 12.7. The summed E-state index contributed by atoms with van der Waals surface area (Å²) in [4.78, 5) is 19.5. The van der Waals surface area contributed by atoms with Gasteiger partial charge in [0, 0.05) is 23.2 Å². The molecule has 162 valence electrons. The number of aryl methyl sites for hydroxylation is 1. The Kier molecular flexibility index (Phi) is 6.62. The predicted octanol–water partition coefficient (Wildman–Crippen LogP) is 4.29. The molecule has 1 aromatic heterocycles. The van der Waals surface area contributed by atoms with E-state index in [9.17, 15) is 4.79 Å². The van der Waals surface area contributed by atoms with Crippen LogP contribution in [0.1, 0.15) is 31.2 Å². The van der Waals surface area contributed by atoms with Gasteiger partial charge in [0.1, 0.15) is 5.75 Å². The van der Waals surface area contributed by atoms with Crippen LogP contribution in [0.4, 0.5) is 5.69 Å². The first-order valence-electron chi connectivity index (χ1n) is 10.8. The molecule has 7 heteroatoms. The number of carbonyl (C=O) groups is 1. The summed E-state index contributed by atoms with van der Waals surface area (Å²) in [5.74, 6) is 2.04. The molecule has 1 amide bonds. The fourth-order valence-electron chi connectivity index (χ4n) is 3.76. The lowest BCUT2D eigenvalue weighted by Gasteiger charge is -2.30. The van der Waals surface area contributed by atoms with Gasteiger partial charge in [0.25, 0.3) is 0 Å². The van der Waals surface area contributed by atoms with Crippen molar-refractivity contribution in [2.45, 2.75) is 33.2 Å². The first-order valence-corrected chi connectivity index (χ1v) is 10.8. The van der Waals surface area contributed by atoms with Crippen molar-refractivity contribution in [1.29, 1.82) is 0 Å². The molecule has 0 unspecified atom stereocenters. The third-order valence-electron chi connectivity index (χ3n) is 5.51. The maximum absolute atomic E-state index is 12.7. The van der Waals surface area contributed by atoms with Gasteiger partial charge in [-0.25, -0.2) is 0 Å². The average molecular weight is 421 g/mol. The van der Waals surface area contributed by atoms with Gasteiger partial charge in [-0.15, -0.1) is 0 Å². The number of rotatable bonds is 7. The number of hydrogen-bond acceptors (Lipinski definition) is 6. The number of piperidine rings is 1. The summed E-state index contributed by atoms with van der Waals surface area (Å²) in [5.41, 5.74) is 2.92. The van der Waals surface area contributed by atoms with E-state index in [2.05, 4.69) is 20.4 Å². The van der Waals surface area contributed by atoms with E-state index in [0.717, 1.165) is 42.9 Å². The highest BCUT2D eigenvalue weighted by atomic mass is 16.5. The first-order chi connectivity index (χ1) is 15.1. The van der Waals surface area contributed by atoms with E-state index in [4.69, 9.17) is 9.26 Å². The minimum Gasteiger partial charge on any atom is -0.494 e. The topological polar surface area (TPSA) is 80.5 Å². The van der Waals surface area contributed by atoms with Crippen molar-refractivity contribution in [3.63, 3.8) is 0 Å². The van der Waals surface area contributed by atoms with E-state index in [-0.39, 0.29) is 11.8 Å². The zero-order valence-electron chi connectivity index (χ0n) is 18.0. The molecule has 0 atom stereocenters. The number of hydrogen-bond donors (Lipinski definition) is 1. The van der Waals surface area contributed by atoms with Crippen molar-refractivity contribution >= 4 is 11.6 Å². The van der Waals surface area contributed by atoms with Gasteiger partial charge < -0.3 is 14.6 Å². The van der Waals surface area contributed by atoms with Crippen LogP contribution < -0.4 is 10.1 Å². The molecule has 0 bridgehead atoms. The Hall–Kier alpha value is -3.19. The monoisotopic (exact) mass is 420 g/mol. The Morgan fingerprint density at radius 1 is 1.19 bits per heavy atom. The number of ether oxygens (including phenoxy) is 1. The van der Waals surface area contributed by atoms with Gasteiger partial charge >= 0.3 is 0 Å². The molecule has 1 aliphatic rings. The lowest BCUT2D eigenvalue weighted by molar-refractivity contribution is -0.121. The standard InChI is InChI=1S/C24H28N4O3/c1-3-30-21-6-4-5-20(15-21)25-24(29)19-11-13-28(14-12-19)16-22-26-23(27-31-22)18-9-7-17(2)8-10-18/h4-10,15,19H,3,11-14,16H2,1-2H3,(H,25,29). The quantitative estimate of drug-likeness (QED) is 0.614. The van der Waals surface area contributed by atoms with Gasteiger partial charge in [-0.05, 0) is 51.9 Å². The number of anilines is 1. The number of nitrogens with one attached hydrogen (secondary N) is 1. The molecule has 1 fully saturated rings. The van der Waals surface area contributed by atoms with Gasteiger partial charge in [-0.3, -0.25) is 9.69 Å². The first kappa shape index (κ1) is 21.1. The predicted molar refractivity (Wildman–Crippen MR) is 119 cm³/mol. The molecular weight excluding hydrogens is 392 g/mol. The highest BCUT2D eigenvalue weighted by molar-refractivity contribution is 5.92. The van der Waals surface area contributed by atoms with Crippen molar-refractivity contribution in [1.82, 2.24) is 15.0 Å². The second kappa shape index (κ2) is 9.75. The van der Waals surface area contributed by atoms with Crippen LogP contribution in [0.3, 0.4) is 0 Å². The lowest BCUT2D eigenvalue weighted by atomic mass is 9.96. The van der Waals surface area contributed by atoms with Crippen LogP contribution in [0.15, 0.2) is 53.1 Å². The van der Waals surface area contributed by atoms with Crippen LogP contribution >= 0.6 is 0 Å². The zero-order chi connectivity index (χ0) is 21.6. The maximum Gasteiger partial charge on any atom is 0.241 e. The summed E-state index contributed by atoms with van der Waals surface area (Å²) in [5, 5.41) is 7.13. The number of aromatic nitrogens is 2. The molecule has 31 heavy (non-hydrogen) atoms. The third kappa shape index (κ3) is 5.49. The summed E-state index contributed by atoms with van der Waals surface area (Å²) in [7, 11) is 0. The normalized spacial score (nSPS) is 15.0. The Balaban J connectivity index is 1.27. The summed E-state index contributed by atoms with van der Waals surface area (Å²) in [6.07, 6.45) is 1.60. The van der Waals surface area contributed by atoms with Crippen molar-refractivity contribution in [3.8, 4) is 17.1 Å². The van der Waals surface area contributed by atoms with Crippen molar-refractivity contribution in [2.24, 2.45) is 5.92 Å². The second-order valence-electron chi connectivity index (χ2n) is 7.88. The second-order valence-corrected chi connectivity index (χ2v) is 7.88. The SMILES string of the molecule is CCOc1cccc(NC(=O)C2CCN(Cc3nc(-c4ccc(C)cc4)no3)CC2)c1. The molecule has 1 aliphatic heterocycles. The number of carbonyl (C=O) groups excluding carboxylic acids is 1. The van der Waals surface area contributed by atoms with Crippen LogP contribution in [0.2, 0.25) is 0 Å². The van der Waals surface area contributed by atoms with E-state index in [0.29, 0.717) is 24.9 Å². The summed E-state index contributed by atoms with van der Waals surface area (Å²) >= 11 is 0. The molecular formula is C24H28N4O3. The number of benzene rings is 2. The summed E-state index contributed by atoms with van der Waals surface area (Å²) in [6.45, 7) is 6.83. The molecule has 7 nitrogen and oxygen atoms in total. The van der Waals surface area contributed by atoms with E-state index < -0.39 is 0 Å². The third-order valence-corrected chi connectivity index (χ3v) is 5.51. The van der Waals surface area contributed by atoms with Gasteiger partial charge in [0.05, 0.1) is 13.2 Å². The van der Waals surface area contributed by atoms with Crippen LogP contribution in [-0.4, -0.2) is 40.6 Å². The summed E-state index contributed by atoms with van der Waals surface area (Å²) < 4.78 is 10.9. The van der Waals surface area contributed by atoms with E-state index >= 15 is 0 Å². The van der Waals surface area contributed by atoms with E-state index in [1.807, 2.05) is 62.4 Å². The molecule has 2 aromatic carbocycles. The number of likely N-dealkylation sites (tertiary alicyclic amines) is 1. The van der Waals surface area contributed by atoms with Crippen LogP contribution in [0.25, 0.3) is 11.4 Å². The molecule has 4 rings (SSSR count). The van der Waals surface area contributed by atoms with Crippen LogP contribution in [0.5, 0.6) is 5.75 Å². The lowest BCUT2D eigenvalue weighted by Crippen LogP contribution is -2.37. The molecule has 1 N–H and O–H groups in total. The van der Waals surface area contributed by atoms with E-state index in [1.54, 1.807) is 0 Å². The molecule has 0 aliphatic carbocycles. The number of amides is 1. The van der Waals surface area contributed by atoms with Gasteiger partial charge in [-0.1, -0.05) is 41.1 Å². The Bertz CT molecular complexity index is 1010. The molecule has 0 spiro atoms. The molecule has 0 saturated carbocycles. The van der Waals surface area contributed by atoms with Gasteiger partial charge in [0.2, 0.25) is 17.6 Å². The van der Waals surface area contributed by atoms with Crippen molar-refractivity contribution in [2.75, 3.05) is 25.0 Å². The molecule has 3 aromatic rings.